The lowest BCUT2D eigenvalue weighted by molar-refractivity contribution is 0.651. The van der Waals surface area contributed by atoms with Gasteiger partial charge in [-0.1, -0.05) is 24.3 Å². The van der Waals surface area contributed by atoms with Gasteiger partial charge in [-0.2, -0.15) is 4.40 Å². The molecule has 0 saturated carbocycles. The molecule has 0 aliphatic rings. The molecule has 1 aromatic heterocycles. The lowest BCUT2D eigenvalue weighted by Gasteiger charge is -2.13. The van der Waals surface area contributed by atoms with Gasteiger partial charge in [0.05, 0.1) is 21.1 Å². The van der Waals surface area contributed by atoms with E-state index in [1.165, 1.54) is 0 Å². The lowest BCUT2D eigenvalue weighted by atomic mass is 10.1. The predicted octanol–water partition coefficient (Wildman–Crippen LogP) is 4.64. The molecule has 106 valence electrons. The first kappa shape index (κ1) is 15.8. The van der Waals surface area contributed by atoms with Gasteiger partial charge in [0.2, 0.25) is 0 Å². The second kappa shape index (κ2) is 6.03. The van der Waals surface area contributed by atoms with Crippen LogP contribution in [-0.2, 0) is 11.0 Å². The monoisotopic (exact) mass is 416 g/mol. The van der Waals surface area contributed by atoms with Crippen LogP contribution in [0.25, 0.3) is 10.8 Å². The van der Waals surface area contributed by atoms with Gasteiger partial charge < -0.3 is 0 Å². The molecule has 3 nitrogen and oxygen atoms in total. The number of hydrogen-bond acceptors (Lipinski definition) is 2. The third-order valence-electron chi connectivity index (χ3n) is 2.62. The van der Waals surface area contributed by atoms with Crippen LogP contribution >= 0.6 is 31.9 Å². The highest BCUT2D eigenvalue weighted by atomic mass is 79.9. The molecule has 0 radical (unpaired) electrons. The van der Waals surface area contributed by atoms with Crippen molar-refractivity contribution in [2.45, 2.75) is 25.5 Å². The topological polar surface area (TPSA) is 42.3 Å². The molecule has 0 aliphatic carbocycles. The molecule has 0 spiro atoms. The van der Waals surface area contributed by atoms with E-state index in [2.05, 4.69) is 41.2 Å². The van der Waals surface area contributed by atoms with Gasteiger partial charge in [0, 0.05) is 10.8 Å². The SMILES string of the molecule is CC(C)(C)S(=O)N=Cc1nc(Br)c2ccccc2c1Br. The Morgan fingerprint density at radius 3 is 2.40 bits per heavy atom. The Bertz CT molecular complexity index is 708. The summed E-state index contributed by atoms with van der Waals surface area (Å²) in [5, 5.41) is 2.06. The zero-order valence-corrected chi connectivity index (χ0v) is 15.3. The van der Waals surface area contributed by atoms with Crippen LogP contribution in [0.3, 0.4) is 0 Å². The van der Waals surface area contributed by atoms with Crippen molar-refractivity contribution in [3.63, 3.8) is 0 Å². The summed E-state index contributed by atoms with van der Waals surface area (Å²) in [5.74, 6) is 0. The quantitative estimate of drug-likeness (QED) is 0.527. The Labute approximate surface area is 137 Å². The Kier molecular flexibility index (Phi) is 4.76. The Hall–Kier alpha value is -0.590. The van der Waals surface area contributed by atoms with Crippen molar-refractivity contribution in [3.8, 4) is 0 Å². The Morgan fingerprint density at radius 2 is 1.80 bits per heavy atom. The summed E-state index contributed by atoms with van der Waals surface area (Å²) in [7, 11) is -1.29. The van der Waals surface area contributed by atoms with E-state index in [4.69, 9.17) is 0 Å². The first-order chi connectivity index (χ1) is 9.30. The number of nitrogens with zero attached hydrogens (tertiary/aromatic N) is 2. The average Bonchev–Trinajstić information content (AvgIpc) is 2.40. The molecule has 2 rings (SSSR count). The van der Waals surface area contributed by atoms with Crippen molar-refractivity contribution in [2.24, 2.45) is 4.40 Å². The van der Waals surface area contributed by atoms with E-state index in [9.17, 15) is 4.21 Å². The third-order valence-corrected chi connectivity index (χ3v) is 5.41. The molecule has 1 unspecified atom stereocenters. The molecule has 0 amide bonds. The molecule has 0 bridgehead atoms. The average molecular weight is 418 g/mol. The maximum absolute atomic E-state index is 12.0. The summed E-state index contributed by atoms with van der Waals surface area (Å²) in [6.45, 7) is 5.66. The molecule has 6 heteroatoms. The molecule has 20 heavy (non-hydrogen) atoms. The highest BCUT2D eigenvalue weighted by molar-refractivity contribution is 9.11. The van der Waals surface area contributed by atoms with E-state index < -0.39 is 11.0 Å². The Morgan fingerprint density at radius 1 is 1.20 bits per heavy atom. The van der Waals surface area contributed by atoms with Crippen molar-refractivity contribution < 1.29 is 4.21 Å². The smallest absolute Gasteiger partial charge is 0.144 e. The van der Waals surface area contributed by atoms with E-state index in [1.54, 1.807) is 6.21 Å². The van der Waals surface area contributed by atoms with Gasteiger partial charge in [-0.3, -0.25) is 0 Å². The van der Waals surface area contributed by atoms with E-state index in [0.717, 1.165) is 19.8 Å². The Balaban J connectivity index is 2.49. The van der Waals surface area contributed by atoms with E-state index in [1.807, 2.05) is 45.0 Å². The van der Waals surface area contributed by atoms with Crippen LogP contribution in [0.5, 0.6) is 0 Å². The van der Waals surface area contributed by atoms with Crippen LogP contribution in [0, 0.1) is 0 Å². The van der Waals surface area contributed by atoms with Crippen molar-refractivity contribution in [1.29, 1.82) is 0 Å². The molecule has 1 heterocycles. The highest BCUT2D eigenvalue weighted by Crippen LogP contribution is 2.30. The van der Waals surface area contributed by atoms with E-state index >= 15 is 0 Å². The fourth-order valence-electron chi connectivity index (χ4n) is 1.55. The fourth-order valence-corrected chi connectivity index (χ4v) is 3.13. The van der Waals surface area contributed by atoms with Gasteiger partial charge in [-0.25, -0.2) is 9.19 Å². The number of fused-ring (bicyclic) bond motifs is 1. The summed E-state index contributed by atoms with van der Waals surface area (Å²) in [5.41, 5.74) is 0.660. The minimum atomic E-state index is -1.29. The summed E-state index contributed by atoms with van der Waals surface area (Å²) < 4.78 is 17.3. The van der Waals surface area contributed by atoms with Gasteiger partial charge >= 0.3 is 0 Å². The summed E-state index contributed by atoms with van der Waals surface area (Å²) >= 11 is 7.00. The van der Waals surface area contributed by atoms with Crippen LogP contribution in [0.4, 0.5) is 0 Å². The lowest BCUT2D eigenvalue weighted by Crippen LogP contribution is -2.19. The molecular weight excluding hydrogens is 404 g/mol. The number of halogens is 2. The molecular formula is C14H14Br2N2OS. The third kappa shape index (κ3) is 3.35. The highest BCUT2D eigenvalue weighted by Gasteiger charge is 2.18. The number of benzene rings is 1. The minimum absolute atomic E-state index is 0.378. The number of pyridine rings is 1. The molecule has 0 saturated heterocycles. The first-order valence-corrected chi connectivity index (χ1v) is 8.70. The molecule has 1 atom stereocenters. The van der Waals surface area contributed by atoms with Crippen LogP contribution in [0.1, 0.15) is 26.5 Å². The van der Waals surface area contributed by atoms with E-state index in [0.29, 0.717) is 5.69 Å². The van der Waals surface area contributed by atoms with Crippen LogP contribution in [0.15, 0.2) is 37.7 Å². The van der Waals surface area contributed by atoms with Crippen LogP contribution in [-0.4, -0.2) is 20.2 Å². The zero-order chi connectivity index (χ0) is 14.9. The van der Waals surface area contributed by atoms with Crippen molar-refractivity contribution >= 4 is 59.8 Å². The summed E-state index contributed by atoms with van der Waals surface area (Å²) in [4.78, 5) is 4.44. The maximum atomic E-state index is 12.0. The predicted molar refractivity (Wildman–Crippen MR) is 92.6 cm³/mol. The normalized spacial score (nSPS) is 14.1. The molecule has 2 aromatic rings. The standard InChI is InChI=1S/C14H14Br2N2OS/c1-14(2,3)20(19)17-8-11-12(15)9-6-4-5-7-10(9)13(16)18-11/h4-8H,1-3H3. The second-order valence-electron chi connectivity index (χ2n) is 5.24. The second-order valence-corrected chi connectivity index (χ2v) is 8.72. The fraction of sp³-hybridized carbons (Fsp3) is 0.286. The van der Waals surface area contributed by atoms with Gasteiger partial charge in [0.1, 0.15) is 15.6 Å². The zero-order valence-electron chi connectivity index (χ0n) is 11.4. The largest absolute Gasteiger partial charge is 0.238 e. The van der Waals surface area contributed by atoms with Crippen molar-refractivity contribution in [3.05, 3.63) is 39.0 Å². The molecule has 0 N–H and O–H groups in total. The number of aromatic nitrogens is 1. The van der Waals surface area contributed by atoms with Crippen molar-refractivity contribution in [2.75, 3.05) is 0 Å². The molecule has 0 aliphatic heterocycles. The van der Waals surface area contributed by atoms with Gasteiger partial charge in [0.25, 0.3) is 0 Å². The van der Waals surface area contributed by atoms with Crippen molar-refractivity contribution in [1.82, 2.24) is 4.98 Å². The summed E-state index contributed by atoms with van der Waals surface area (Å²) in [6, 6.07) is 7.92. The maximum Gasteiger partial charge on any atom is 0.144 e. The van der Waals surface area contributed by atoms with Crippen LogP contribution in [0.2, 0.25) is 0 Å². The van der Waals surface area contributed by atoms with Gasteiger partial charge in [0.15, 0.2) is 0 Å². The summed E-state index contributed by atoms with van der Waals surface area (Å²) in [6.07, 6.45) is 1.56. The van der Waals surface area contributed by atoms with Gasteiger partial charge in [-0.05, 0) is 52.6 Å². The molecule has 0 fully saturated rings. The number of rotatable bonds is 2. The molecule has 1 aromatic carbocycles. The van der Waals surface area contributed by atoms with Crippen LogP contribution < -0.4 is 0 Å². The van der Waals surface area contributed by atoms with Gasteiger partial charge in [-0.15, -0.1) is 0 Å². The minimum Gasteiger partial charge on any atom is -0.238 e. The van der Waals surface area contributed by atoms with E-state index in [-0.39, 0.29) is 4.75 Å². The first-order valence-electron chi connectivity index (χ1n) is 6.00. The number of hydrogen-bond donors (Lipinski definition) is 0.